The Morgan fingerprint density at radius 2 is 2.19 bits per heavy atom. The Morgan fingerprint density at radius 3 is 3.08 bits per heavy atom. The maximum atomic E-state index is 12.4. The number of hydrogen-bond acceptors (Lipinski definition) is 6. The van der Waals surface area contributed by atoms with Gasteiger partial charge in [0.25, 0.3) is 5.91 Å². The van der Waals surface area contributed by atoms with Crippen molar-refractivity contribution in [1.29, 1.82) is 0 Å². The lowest BCUT2D eigenvalue weighted by Gasteiger charge is -2.04. The molecule has 0 saturated carbocycles. The largest absolute Gasteiger partial charge is 0.441 e. The Hall–Kier alpha value is -3.26. The van der Waals surface area contributed by atoms with Gasteiger partial charge in [-0.15, -0.1) is 10.2 Å². The first-order valence-electron chi connectivity index (χ1n) is 8.20. The quantitative estimate of drug-likeness (QED) is 0.571. The van der Waals surface area contributed by atoms with Crippen LogP contribution in [0.5, 0.6) is 0 Å². The van der Waals surface area contributed by atoms with Gasteiger partial charge in [-0.3, -0.25) is 9.20 Å². The molecule has 0 saturated heterocycles. The highest BCUT2D eigenvalue weighted by molar-refractivity contribution is 5.96. The van der Waals surface area contributed by atoms with Gasteiger partial charge in [0.1, 0.15) is 5.52 Å². The molecule has 0 aliphatic heterocycles. The summed E-state index contributed by atoms with van der Waals surface area (Å²) in [7, 11) is 1.63. The summed E-state index contributed by atoms with van der Waals surface area (Å²) in [6, 6.07) is 10.8. The molecule has 8 heteroatoms. The van der Waals surface area contributed by atoms with Gasteiger partial charge in [0, 0.05) is 25.3 Å². The predicted molar refractivity (Wildman–Crippen MR) is 93.7 cm³/mol. The van der Waals surface area contributed by atoms with Crippen LogP contribution in [-0.4, -0.2) is 39.2 Å². The number of carbonyl (C=O) groups is 1. The van der Waals surface area contributed by atoms with Gasteiger partial charge in [0.05, 0.1) is 13.2 Å². The van der Waals surface area contributed by atoms with E-state index in [1.807, 2.05) is 28.8 Å². The molecule has 26 heavy (non-hydrogen) atoms. The van der Waals surface area contributed by atoms with E-state index < -0.39 is 0 Å². The van der Waals surface area contributed by atoms with E-state index in [2.05, 4.69) is 20.5 Å². The standard InChI is InChI=1S/C18H17N5O3/c1-25-9-7-17-20-13-6-5-12(10-14(13)26-17)18(24)19-11-16-22-21-15-4-2-3-8-23(15)16/h2-6,8,10H,7,9,11H2,1H3,(H,19,24). The molecule has 0 atom stereocenters. The van der Waals surface area contributed by atoms with Crippen LogP contribution >= 0.6 is 0 Å². The second kappa shape index (κ2) is 6.93. The number of pyridine rings is 1. The van der Waals surface area contributed by atoms with Crippen molar-refractivity contribution >= 4 is 22.7 Å². The molecule has 0 unspecified atom stereocenters. The average Bonchev–Trinajstić information content (AvgIpc) is 3.27. The molecule has 0 aliphatic carbocycles. The number of nitrogens with one attached hydrogen (secondary N) is 1. The second-order valence-electron chi connectivity index (χ2n) is 5.76. The molecule has 1 N–H and O–H groups in total. The number of rotatable bonds is 6. The van der Waals surface area contributed by atoms with Crippen molar-refractivity contribution in [2.24, 2.45) is 0 Å². The summed E-state index contributed by atoms with van der Waals surface area (Å²) < 4.78 is 12.5. The molecule has 3 heterocycles. The first-order chi connectivity index (χ1) is 12.7. The minimum absolute atomic E-state index is 0.213. The van der Waals surface area contributed by atoms with E-state index in [1.165, 1.54) is 0 Å². The number of aromatic nitrogens is 4. The molecule has 4 rings (SSSR count). The molecule has 1 aromatic carbocycles. The zero-order chi connectivity index (χ0) is 17.9. The van der Waals surface area contributed by atoms with Gasteiger partial charge in [-0.2, -0.15) is 0 Å². The second-order valence-corrected chi connectivity index (χ2v) is 5.76. The fourth-order valence-electron chi connectivity index (χ4n) is 2.68. The van der Waals surface area contributed by atoms with Gasteiger partial charge in [-0.25, -0.2) is 4.98 Å². The van der Waals surface area contributed by atoms with Crippen LogP contribution in [0, 0.1) is 0 Å². The lowest BCUT2D eigenvalue weighted by Crippen LogP contribution is -2.23. The van der Waals surface area contributed by atoms with E-state index in [0.717, 1.165) is 11.2 Å². The van der Waals surface area contributed by atoms with Crippen molar-refractivity contribution < 1.29 is 13.9 Å². The third-order valence-corrected chi connectivity index (χ3v) is 4.01. The highest BCUT2D eigenvalue weighted by Crippen LogP contribution is 2.18. The summed E-state index contributed by atoms with van der Waals surface area (Å²) in [5, 5.41) is 11.0. The van der Waals surface area contributed by atoms with E-state index in [4.69, 9.17) is 9.15 Å². The summed E-state index contributed by atoms with van der Waals surface area (Å²) in [4.78, 5) is 16.8. The first-order valence-corrected chi connectivity index (χ1v) is 8.20. The van der Waals surface area contributed by atoms with Crippen molar-refractivity contribution in [3.8, 4) is 0 Å². The zero-order valence-electron chi connectivity index (χ0n) is 14.2. The van der Waals surface area contributed by atoms with Crippen LogP contribution in [0.15, 0.2) is 47.0 Å². The molecule has 3 aromatic heterocycles. The summed E-state index contributed by atoms with van der Waals surface area (Å²) in [6.07, 6.45) is 2.45. The van der Waals surface area contributed by atoms with Crippen molar-refractivity contribution in [3.63, 3.8) is 0 Å². The predicted octanol–water partition coefficient (Wildman–Crippen LogP) is 1.99. The Bertz CT molecular complexity index is 1070. The summed E-state index contributed by atoms with van der Waals surface area (Å²) in [6.45, 7) is 0.810. The van der Waals surface area contributed by atoms with Crippen molar-refractivity contribution in [2.45, 2.75) is 13.0 Å². The van der Waals surface area contributed by atoms with Crippen LogP contribution in [0.1, 0.15) is 22.1 Å². The minimum atomic E-state index is -0.213. The molecule has 0 radical (unpaired) electrons. The van der Waals surface area contributed by atoms with Crippen LogP contribution in [-0.2, 0) is 17.7 Å². The topological polar surface area (TPSA) is 94.5 Å². The van der Waals surface area contributed by atoms with Crippen LogP contribution in [0.25, 0.3) is 16.7 Å². The molecular weight excluding hydrogens is 334 g/mol. The van der Waals surface area contributed by atoms with Crippen LogP contribution < -0.4 is 5.32 Å². The number of carbonyl (C=O) groups excluding carboxylic acids is 1. The summed E-state index contributed by atoms with van der Waals surface area (Å²) in [5.41, 5.74) is 2.54. The van der Waals surface area contributed by atoms with Gasteiger partial charge in [-0.1, -0.05) is 6.07 Å². The normalized spacial score (nSPS) is 11.3. The summed E-state index contributed by atoms with van der Waals surface area (Å²) >= 11 is 0. The van der Waals surface area contributed by atoms with E-state index in [9.17, 15) is 4.79 Å². The van der Waals surface area contributed by atoms with Crippen molar-refractivity contribution in [3.05, 3.63) is 59.9 Å². The number of ether oxygens (including phenoxy) is 1. The maximum absolute atomic E-state index is 12.4. The smallest absolute Gasteiger partial charge is 0.251 e. The first kappa shape index (κ1) is 16.2. The number of fused-ring (bicyclic) bond motifs is 2. The van der Waals surface area contributed by atoms with Gasteiger partial charge in [-0.05, 0) is 30.3 Å². The molecule has 0 aliphatic rings. The number of hydrogen-bond donors (Lipinski definition) is 1. The van der Waals surface area contributed by atoms with E-state index in [1.54, 1.807) is 25.3 Å². The Morgan fingerprint density at radius 1 is 1.27 bits per heavy atom. The van der Waals surface area contributed by atoms with Crippen LogP contribution in [0.2, 0.25) is 0 Å². The molecule has 0 fully saturated rings. The zero-order valence-corrected chi connectivity index (χ0v) is 14.2. The Kier molecular flexibility index (Phi) is 4.32. The van der Waals surface area contributed by atoms with E-state index >= 15 is 0 Å². The molecule has 8 nitrogen and oxygen atoms in total. The van der Waals surface area contributed by atoms with Crippen LogP contribution in [0.4, 0.5) is 0 Å². The number of oxazole rings is 1. The summed E-state index contributed by atoms with van der Waals surface area (Å²) in [5.74, 6) is 1.04. The minimum Gasteiger partial charge on any atom is -0.441 e. The molecule has 0 bridgehead atoms. The Balaban J connectivity index is 1.48. The molecule has 4 aromatic rings. The maximum Gasteiger partial charge on any atom is 0.251 e. The molecule has 132 valence electrons. The van der Waals surface area contributed by atoms with Crippen LogP contribution in [0.3, 0.4) is 0 Å². The van der Waals surface area contributed by atoms with E-state index in [0.29, 0.717) is 35.9 Å². The monoisotopic (exact) mass is 351 g/mol. The fraction of sp³-hybridized carbons (Fsp3) is 0.222. The lowest BCUT2D eigenvalue weighted by atomic mass is 10.2. The molecular formula is C18H17N5O3. The fourth-order valence-corrected chi connectivity index (χ4v) is 2.68. The third-order valence-electron chi connectivity index (χ3n) is 4.01. The SMILES string of the molecule is COCCc1nc2ccc(C(=O)NCc3nnc4ccccn34)cc2o1. The Labute approximate surface area is 148 Å². The van der Waals surface area contributed by atoms with Crippen molar-refractivity contribution in [2.75, 3.05) is 13.7 Å². The average molecular weight is 351 g/mol. The third kappa shape index (κ3) is 3.14. The molecule has 0 spiro atoms. The van der Waals surface area contributed by atoms with Gasteiger partial charge in [0.2, 0.25) is 0 Å². The van der Waals surface area contributed by atoms with E-state index in [-0.39, 0.29) is 12.5 Å². The number of benzene rings is 1. The number of amides is 1. The number of methoxy groups -OCH3 is 1. The van der Waals surface area contributed by atoms with Gasteiger partial charge >= 0.3 is 0 Å². The van der Waals surface area contributed by atoms with Crippen molar-refractivity contribution in [1.82, 2.24) is 24.9 Å². The number of nitrogens with zero attached hydrogens (tertiary/aromatic N) is 4. The van der Waals surface area contributed by atoms with Gasteiger partial charge in [0.15, 0.2) is 22.9 Å². The lowest BCUT2D eigenvalue weighted by molar-refractivity contribution is 0.0949. The van der Waals surface area contributed by atoms with Gasteiger partial charge < -0.3 is 14.5 Å². The molecule has 1 amide bonds. The highest BCUT2D eigenvalue weighted by atomic mass is 16.5. The highest BCUT2D eigenvalue weighted by Gasteiger charge is 2.12.